The zero-order valence-corrected chi connectivity index (χ0v) is 8.73. The van der Waals surface area contributed by atoms with Gasteiger partial charge in [0.2, 0.25) is 0 Å². The van der Waals surface area contributed by atoms with Crippen molar-refractivity contribution < 1.29 is 4.79 Å². The smallest absolute Gasteiger partial charge is 0.332 e. The molecule has 0 aliphatic heterocycles. The third-order valence-corrected chi connectivity index (χ3v) is 1.91. The standard InChI is InChI=1S/C11H15N3O/c1-2-3-9-4-6-10(7-5-9)8-13-14-11(12)15/h4-8H,2-3H2,1H3,(H3,12,14,15). The van der Waals surface area contributed by atoms with E-state index in [1.54, 1.807) is 6.21 Å². The van der Waals surface area contributed by atoms with Crippen molar-refractivity contribution in [2.75, 3.05) is 0 Å². The lowest BCUT2D eigenvalue weighted by Gasteiger charge is -1.98. The molecule has 15 heavy (non-hydrogen) atoms. The van der Waals surface area contributed by atoms with E-state index in [0.29, 0.717) is 0 Å². The number of carbonyl (C=O) groups is 1. The SMILES string of the molecule is CCCc1ccc(C=NNC(N)=O)cc1. The molecule has 0 aromatic heterocycles. The van der Waals surface area contributed by atoms with Gasteiger partial charge in [0.1, 0.15) is 0 Å². The van der Waals surface area contributed by atoms with Gasteiger partial charge in [-0.05, 0) is 17.5 Å². The Hall–Kier alpha value is -1.84. The van der Waals surface area contributed by atoms with Crippen molar-refractivity contribution >= 4 is 12.2 Å². The van der Waals surface area contributed by atoms with E-state index < -0.39 is 6.03 Å². The highest BCUT2D eigenvalue weighted by molar-refractivity contribution is 5.81. The van der Waals surface area contributed by atoms with Gasteiger partial charge in [-0.3, -0.25) is 0 Å². The number of nitrogens with two attached hydrogens (primary N) is 1. The third kappa shape index (κ3) is 4.26. The number of hydrogen-bond donors (Lipinski definition) is 2. The van der Waals surface area contributed by atoms with E-state index in [1.807, 2.05) is 12.1 Å². The van der Waals surface area contributed by atoms with Crippen molar-refractivity contribution in [2.45, 2.75) is 19.8 Å². The second kappa shape index (κ2) is 5.80. The molecule has 4 heteroatoms. The molecule has 0 fully saturated rings. The number of primary amides is 1. The van der Waals surface area contributed by atoms with Crippen molar-refractivity contribution in [3.63, 3.8) is 0 Å². The first kappa shape index (κ1) is 11.2. The van der Waals surface area contributed by atoms with E-state index >= 15 is 0 Å². The first-order valence-electron chi connectivity index (χ1n) is 4.90. The molecule has 4 nitrogen and oxygen atoms in total. The Kier molecular flexibility index (Phi) is 4.34. The van der Waals surface area contributed by atoms with Gasteiger partial charge >= 0.3 is 6.03 Å². The number of nitrogens with zero attached hydrogens (tertiary/aromatic N) is 1. The molecule has 0 aliphatic carbocycles. The number of hydrogen-bond acceptors (Lipinski definition) is 2. The minimum atomic E-state index is -0.658. The third-order valence-electron chi connectivity index (χ3n) is 1.91. The summed E-state index contributed by atoms with van der Waals surface area (Å²) in [5.41, 5.74) is 9.24. The largest absolute Gasteiger partial charge is 0.350 e. The fourth-order valence-corrected chi connectivity index (χ4v) is 1.23. The van der Waals surface area contributed by atoms with Gasteiger partial charge in [-0.2, -0.15) is 5.10 Å². The summed E-state index contributed by atoms with van der Waals surface area (Å²) in [7, 11) is 0. The molecule has 3 N–H and O–H groups in total. The van der Waals surface area contributed by atoms with Gasteiger partial charge in [-0.15, -0.1) is 0 Å². The fourth-order valence-electron chi connectivity index (χ4n) is 1.23. The van der Waals surface area contributed by atoms with E-state index in [2.05, 4.69) is 29.6 Å². The minimum Gasteiger partial charge on any atom is -0.350 e. The summed E-state index contributed by atoms with van der Waals surface area (Å²) >= 11 is 0. The molecule has 1 aromatic rings. The van der Waals surface area contributed by atoms with Crippen molar-refractivity contribution in [2.24, 2.45) is 10.8 Å². The summed E-state index contributed by atoms with van der Waals surface area (Å²) < 4.78 is 0. The van der Waals surface area contributed by atoms with Gasteiger partial charge in [-0.25, -0.2) is 10.2 Å². The number of hydrazone groups is 1. The maximum atomic E-state index is 10.3. The van der Waals surface area contributed by atoms with Gasteiger partial charge in [0.15, 0.2) is 0 Å². The van der Waals surface area contributed by atoms with E-state index in [9.17, 15) is 4.79 Å². The molecule has 0 unspecified atom stereocenters. The Morgan fingerprint density at radius 3 is 2.67 bits per heavy atom. The molecule has 0 bridgehead atoms. The summed E-state index contributed by atoms with van der Waals surface area (Å²) in [5.74, 6) is 0. The van der Waals surface area contributed by atoms with Crippen LogP contribution in [0, 0.1) is 0 Å². The lowest BCUT2D eigenvalue weighted by atomic mass is 10.1. The van der Waals surface area contributed by atoms with Gasteiger partial charge in [0.05, 0.1) is 6.21 Å². The molecule has 0 heterocycles. The number of carbonyl (C=O) groups excluding carboxylic acids is 1. The fraction of sp³-hybridized carbons (Fsp3) is 0.273. The summed E-state index contributed by atoms with van der Waals surface area (Å²) in [6.07, 6.45) is 3.77. The van der Waals surface area contributed by atoms with Gasteiger partial charge in [0.25, 0.3) is 0 Å². The van der Waals surface area contributed by atoms with E-state index in [0.717, 1.165) is 18.4 Å². The van der Waals surface area contributed by atoms with Gasteiger partial charge in [0, 0.05) is 0 Å². The van der Waals surface area contributed by atoms with Crippen molar-refractivity contribution in [3.8, 4) is 0 Å². The Bertz CT molecular complexity index is 343. The van der Waals surface area contributed by atoms with Crippen LogP contribution in [0.25, 0.3) is 0 Å². The number of amides is 2. The Morgan fingerprint density at radius 1 is 1.47 bits per heavy atom. The van der Waals surface area contributed by atoms with Gasteiger partial charge in [-0.1, -0.05) is 37.6 Å². The number of benzene rings is 1. The first-order valence-corrected chi connectivity index (χ1v) is 4.90. The van der Waals surface area contributed by atoms with Crippen molar-refractivity contribution in [3.05, 3.63) is 35.4 Å². The molecule has 1 aromatic carbocycles. The van der Waals surface area contributed by atoms with Crippen LogP contribution in [0.15, 0.2) is 29.4 Å². The molecule has 80 valence electrons. The predicted molar refractivity (Wildman–Crippen MR) is 60.8 cm³/mol. The Labute approximate surface area is 89.2 Å². The summed E-state index contributed by atoms with van der Waals surface area (Å²) in [5, 5.41) is 3.67. The molecule has 0 radical (unpaired) electrons. The molecule has 0 saturated heterocycles. The van der Waals surface area contributed by atoms with Crippen LogP contribution in [0.1, 0.15) is 24.5 Å². The predicted octanol–water partition coefficient (Wildman–Crippen LogP) is 1.64. The Balaban J connectivity index is 2.56. The number of aryl methyl sites for hydroxylation is 1. The van der Waals surface area contributed by atoms with E-state index in [4.69, 9.17) is 5.73 Å². The van der Waals surface area contributed by atoms with E-state index in [-0.39, 0.29) is 0 Å². The zero-order chi connectivity index (χ0) is 11.1. The normalized spacial score (nSPS) is 10.5. The van der Waals surface area contributed by atoms with E-state index in [1.165, 1.54) is 5.56 Å². The maximum Gasteiger partial charge on any atom is 0.332 e. The molecule has 0 aliphatic rings. The van der Waals surface area contributed by atoms with Crippen LogP contribution in [-0.2, 0) is 6.42 Å². The number of nitrogens with one attached hydrogen (secondary N) is 1. The van der Waals surface area contributed by atoms with Crippen LogP contribution in [0.3, 0.4) is 0 Å². The minimum absolute atomic E-state index is 0.658. The van der Waals surface area contributed by atoms with Crippen LogP contribution >= 0.6 is 0 Å². The number of rotatable bonds is 4. The average molecular weight is 205 g/mol. The van der Waals surface area contributed by atoms with Crippen molar-refractivity contribution in [1.82, 2.24) is 5.43 Å². The summed E-state index contributed by atoms with van der Waals surface area (Å²) in [6, 6.07) is 7.35. The molecule has 0 atom stereocenters. The molecule has 1 rings (SSSR count). The van der Waals surface area contributed by atoms with Crippen molar-refractivity contribution in [1.29, 1.82) is 0 Å². The average Bonchev–Trinajstić information content (AvgIpc) is 2.20. The summed E-state index contributed by atoms with van der Waals surface area (Å²) in [6.45, 7) is 2.14. The second-order valence-corrected chi connectivity index (χ2v) is 3.23. The highest BCUT2D eigenvalue weighted by Crippen LogP contribution is 2.04. The molecule has 2 amide bonds. The van der Waals surface area contributed by atoms with Crippen LogP contribution in [-0.4, -0.2) is 12.2 Å². The van der Waals surface area contributed by atoms with Gasteiger partial charge < -0.3 is 5.73 Å². The number of urea groups is 1. The Morgan fingerprint density at radius 2 is 2.13 bits per heavy atom. The first-order chi connectivity index (χ1) is 7.22. The molecular weight excluding hydrogens is 190 g/mol. The second-order valence-electron chi connectivity index (χ2n) is 3.23. The highest BCUT2D eigenvalue weighted by atomic mass is 16.2. The molecule has 0 saturated carbocycles. The monoisotopic (exact) mass is 205 g/mol. The zero-order valence-electron chi connectivity index (χ0n) is 8.73. The molecular formula is C11H15N3O. The lowest BCUT2D eigenvalue weighted by Crippen LogP contribution is -2.24. The summed E-state index contributed by atoms with van der Waals surface area (Å²) in [4.78, 5) is 10.3. The lowest BCUT2D eigenvalue weighted by molar-refractivity contribution is 0.249. The topological polar surface area (TPSA) is 67.5 Å². The maximum absolute atomic E-state index is 10.3. The highest BCUT2D eigenvalue weighted by Gasteiger charge is 1.91. The van der Waals surface area contributed by atoms with Crippen LogP contribution in [0.5, 0.6) is 0 Å². The quantitative estimate of drug-likeness (QED) is 0.569. The van der Waals surface area contributed by atoms with Crippen LogP contribution in [0.2, 0.25) is 0 Å². The van der Waals surface area contributed by atoms with Crippen LogP contribution in [0.4, 0.5) is 4.79 Å². The van der Waals surface area contributed by atoms with Crippen LogP contribution < -0.4 is 11.2 Å². The molecule has 0 spiro atoms.